The van der Waals surface area contributed by atoms with Crippen molar-refractivity contribution in [1.29, 1.82) is 0 Å². The molecule has 21 heavy (non-hydrogen) atoms. The molecule has 0 N–H and O–H groups in total. The third-order valence-electron chi connectivity index (χ3n) is 3.26. The van der Waals surface area contributed by atoms with Crippen molar-refractivity contribution in [3.8, 4) is 5.75 Å². The molecular weight excluding hydrogens is 266 g/mol. The Morgan fingerprint density at radius 3 is 1.95 bits per heavy atom. The zero-order chi connectivity index (χ0) is 15.0. The fourth-order valence-electron chi connectivity index (χ4n) is 2.40. The average Bonchev–Trinajstić information content (AvgIpc) is 2.72. The smallest absolute Gasteiger partial charge is 0.266 e. The summed E-state index contributed by atoms with van der Waals surface area (Å²) in [6, 6.07) is 13.9. The SMILES string of the molecule is CC(C)Oc1ccccc1N1C(=O)c2ccccc2C1=O. The van der Waals surface area contributed by atoms with Gasteiger partial charge in [0.05, 0.1) is 22.9 Å². The number of fused-ring (bicyclic) bond motifs is 1. The lowest BCUT2D eigenvalue weighted by molar-refractivity contribution is 0.0924. The standard InChI is InChI=1S/C17H15NO3/c1-11(2)21-15-10-6-5-9-14(15)18-16(19)12-7-3-4-8-13(12)17(18)20/h3-11H,1-2H3. The number of carbonyl (C=O) groups excluding carboxylic acids is 2. The number of anilines is 1. The van der Waals surface area contributed by atoms with Gasteiger partial charge in [0.1, 0.15) is 5.75 Å². The molecule has 4 nitrogen and oxygen atoms in total. The van der Waals surface area contributed by atoms with Gasteiger partial charge in [-0.05, 0) is 38.1 Å². The number of amides is 2. The highest BCUT2D eigenvalue weighted by atomic mass is 16.5. The van der Waals surface area contributed by atoms with Gasteiger partial charge in [-0.15, -0.1) is 0 Å². The van der Waals surface area contributed by atoms with Crippen LogP contribution < -0.4 is 9.64 Å². The van der Waals surface area contributed by atoms with Gasteiger partial charge in [0.25, 0.3) is 11.8 Å². The maximum absolute atomic E-state index is 12.5. The molecule has 2 aromatic rings. The normalized spacial score (nSPS) is 13.8. The number of carbonyl (C=O) groups is 2. The fourth-order valence-corrected chi connectivity index (χ4v) is 2.40. The second kappa shape index (κ2) is 5.05. The molecule has 2 aromatic carbocycles. The monoisotopic (exact) mass is 281 g/mol. The number of imide groups is 1. The number of hydrogen-bond acceptors (Lipinski definition) is 3. The first-order chi connectivity index (χ1) is 10.1. The Hall–Kier alpha value is -2.62. The van der Waals surface area contributed by atoms with Crippen LogP contribution in [-0.2, 0) is 0 Å². The minimum atomic E-state index is -0.310. The molecule has 0 aliphatic carbocycles. The summed E-state index contributed by atoms with van der Waals surface area (Å²) in [6.45, 7) is 3.80. The molecule has 106 valence electrons. The number of nitrogens with zero attached hydrogens (tertiary/aromatic N) is 1. The second-order valence-corrected chi connectivity index (χ2v) is 5.13. The van der Waals surface area contributed by atoms with E-state index in [0.29, 0.717) is 22.6 Å². The van der Waals surface area contributed by atoms with Gasteiger partial charge in [-0.25, -0.2) is 4.90 Å². The Morgan fingerprint density at radius 1 is 0.857 bits per heavy atom. The first-order valence-electron chi connectivity index (χ1n) is 6.83. The molecule has 0 atom stereocenters. The highest BCUT2D eigenvalue weighted by molar-refractivity contribution is 6.34. The summed E-state index contributed by atoms with van der Waals surface area (Å²) in [5, 5.41) is 0. The molecule has 1 aliphatic heterocycles. The lowest BCUT2D eigenvalue weighted by Gasteiger charge is -2.19. The summed E-state index contributed by atoms with van der Waals surface area (Å²) in [4.78, 5) is 26.2. The summed E-state index contributed by atoms with van der Waals surface area (Å²) in [5.41, 5.74) is 1.35. The Balaban J connectivity index is 2.07. The molecule has 0 spiro atoms. The largest absolute Gasteiger partial charge is 0.489 e. The zero-order valence-corrected chi connectivity index (χ0v) is 11.9. The maximum Gasteiger partial charge on any atom is 0.266 e. The van der Waals surface area contributed by atoms with Gasteiger partial charge < -0.3 is 4.74 Å². The Labute approximate surface area is 123 Å². The van der Waals surface area contributed by atoms with E-state index < -0.39 is 0 Å². The topological polar surface area (TPSA) is 46.6 Å². The zero-order valence-electron chi connectivity index (χ0n) is 11.9. The molecule has 0 saturated carbocycles. The molecular formula is C17H15NO3. The molecule has 1 aliphatic rings. The predicted octanol–water partition coefficient (Wildman–Crippen LogP) is 3.27. The summed E-state index contributed by atoms with van der Waals surface area (Å²) < 4.78 is 5.71. The van der Waals surface area contributed by atoms with Gasteiger partial charge >= 0.3 is 0 Å². The predicted molar refractivity (Wildman–Crippen MR) is 79.8 cm³/mol. The number of rotatable bonds is 3. The van der Waals surface area contributed by atoms with E-state index in [4.69, 9.17) is 4.74 Å². The molecule has 0 radical (unpaired) electrons. The number of para-hydroxylation sites is 2. The molecule has 1 heterocycles. The third-order valence-corrected chi connectivity index (χ3v) is 3.26. The Morgan fingerprint density at radius 2 is 1.38 bits per heavy atom. The van der Waals surface area contributed by atoms with Crippen molar-refractivity contribution in [1.82, 2.24) is 0 Å². The van der Waals surface area contributed by atoms with E-state index in [9.17, 15) is 9.59 Å². The summed E-state index contributed by atoms with van der Waals surface area (Å²) in [6.07, 6.45) is -0.0404. The van der Waals surface area contributed by atoms with Crippen LogP contribution in [0, 0.1) is 0 Å². The van der Waals surface area contributed by atoms with E-state index >= 15 is 0 Å². The van der Waals surface area contributed by atoms with E-state index in [-0.39, 0.29) is 17.9 Å². The second-order valence-electron chi connectivity index (χ2n) is 5.13. The van der Waals surface area contributed by atoms with Crippen LogP contribution in [0.2, 0.25) is 0 Å². The van der Waals surface area contributed by atoms with Crippen LogP contribution in [0.3, 0.4) is 0 Å². The van der Waals surface area contributed by atoms with Crippen LogP contribution in [0.25, 0.3) is 0 Å². The maximum atomic E-state index is 12.5. The van der Waals surface area contributed by atoms with Crippen LogP contribution in [0.4, 0.5) is 5.69 Å². The molecule has 0 saturated heterocycles. The molecule has 0 fully saturated rings. The van der Waals surface area contributed by atoms with Crippen molar-refractivity contribution >= 4 is 17.5 Å². The number of ether oxygens (including phenoxy) is 1. The molecule has 0 aromatic heterocycles. The van der Waals surface area contributed by atoms with E-state index in [1.54, 1.807) is 42.5 Å². The quantitative estimate of drug-likeness (QED) is 0.811. The highest BCUT2D eigenvalue weighted by Crippen LogP contribution is 2.35. The molecule has 0 unspecified atom stereocenters. The number of benzene rings is 2. The summed E-state index contributed by atoms with van der Waals surface area (Å²) in [7, 11) is 0. The van der Waals surface area contributed by atoms with E-state index in [0.717, 1.165) is 0 Å². The van der Waals surface area contributed by atoms with Gasteiger partial charge in [-0.1, -0.05) is 24.3 Å². The van der Waals surface area contributed by atoms with Crippen molar-refractivity contribution in [2.75, 3.05) is 4.90 Å². The van der Waals surface area contributed by atoms with Crippen molar-refractivity contribution < 1.29 is 14.3 Å². The van der Waals surface area contributed by atoms with Crippen molar-refractivity contribution in [2.45, 2.75) is 20.0 Å². The Kier molecular flexibility index (Phi) is 3.22. The van der Waals surface area contributed by atoms with Crippen molar-refractivity contribution in [3.05, 3.63) is 59.7 Å². The van der Waals surface area contributed by atoms with Gasteiger partial charge in [-0.3, -0.25) is 9.59 Å². The fraction of sp³-hybridized carbons (Fsp3) is 0.176. The first kappa shape index (κ1) is 13.4. The summed E-state index contributed by atoms with van der Waals surface area (Å²) >= 11 is 0. The van der Waals surface area contributed by atoms with E-state index in [1.807, 2.05) is 19.9 Å². The average molecular weight is 281 g/mol. The van der Waals surface area contributed by atoms with Crippen LogP contribution in [0.5, 0.6) is 5.75 Å². The lowest BCUT2D eigenvalue weighted by Crippen LogP contribution is -2.30. The minimum Gasteiger partial charge on any atom is -0.489 e. The molecule has 0 bridgehead atoms. The first-order valence-corrected chi connectivity index (χ1v) is 6.83. The van der Waals surface area contributed by atoms with Crippen molar-refractivity contribution in [3.63, 3.8) is 0 Å². The summed E-state index contributed by atoms with van der Waals surface area (Å²) in [5.74, 6) is -0.0900. The van der Waals surface area contributed by atoms with E-state index in [2.05, 4.69) is 0 Å². The van der Waals surface area contributed by atoms with Gasteiger partial charge in [0.2, 0.25) is 0 Å². The Bertz CT molecular complexity index is 686. The van der Waals surface area contributed by atoms with Crippen LogP contribution in [0.1, 0.15) is 34.6 Å². The molecule has 3 rings (SSSR count). The van der Waals surface area contributed by atoms with Gasteiger partial charge in [0.15, 0.2) is 0 Å². The van der Waals surface area contributed by atoms with Gasteiger partial charge in [-0.2, -0.15) is 0 Å². The van der Waals surface area contributed by atoms with Gasteiger partial charge in [0, 0.05) is 0 Å². The minimum absolute atomic E-state index is 0.0404. The highest BCUT2D eigenvalue weighted by Gasteiger charge is 2.37. The third kappa shape index (κ3) is 2.18. The lowest BCUT2D eigenvalue weighted by atomic mass is 10.1. The van der Waals surface area contributed by atoms with Crippen LogP contribution in [-0.4, -0.2) is 17.9 Å². The van der Waals surface area contributed by atoms with Crippen LogP contribution >= 0.6 is 0 Å². The van der Waals surface area contributed by atoms with E-state index in [1.165, 1.54) is 4.90 Å². The van der Waals surface area contributed by atoms with Crippen LogP contribution in [0.15, 0.2) is 48.5 Å². The number of hydrogen-bond donors (Lipinski definition) is 0. The molecule has 4 heteroatoms. The molecule has 2 amide bonds. The van der Waals surface area contributed by atoms with Crippen molar-refractivity contribution in [2.24, 2.45) is 0 Å².